The van der Waals surface area contributed by atoms with Crippen molar-refractivity contribution < 1.29 is 19.1 Å². The number of nitrogens with one attached hydrogen (secondary N) is 2. The fourth-order valence-electron chi connectivity index (χ4n) is 2.54. The quantitative estimate of drug-likeness (QED) is 0.306. The van der Waals surface area contributed by atoms with E-state index in [0.29, 0.717) is 32.9 Å². The molecule has 32 heavy (non-hydrogen) atoms. The second-order valence-electron chi connectivity index (χ2n) is 6.37. The Morgan fingerprint density at radius 2 is 1.12 bits per heavy atom. The van der Waals surface area contributed by atoms with Crippen LogP contribution in [0.4, 0.5) is 11.4 Å². The third kappa shape index (κ3) is 7.13. The van der Waals surface area contributed by atoms with E-state index in [4.69, 9.17) is 32.7 Å². The highest BCUT2D eigenvalue weighted by atomic mass is 79.9. The molecule has 10 heteroatoms. The largest absolute Gasteiger partial charge is 0.482 e. The fourth-order valence-corrected chi connectivity index (χ4v) is 4.00. The summed E-state index contributed by atoms with van der Waals surface area (Å²) in [7, 11) is 0. The zero-order valence-electron chi connectivity index (χ0n) is 16.3. The Kier molecular flexibility index (Phi) is 8.81. The fraction of sp³-hybridized carbons (Fsp3) is 0.0909. The molecule has 0 bridgehead atoms. The highest BCUT2D eigenvalue weighted by Gasteiger charge is 2.12. The molecule has 0 saturated heterocycles. The van der Waals surface area contributed by atoms with E-state index < -0.39 is 11.8 Å². The Labute approximate surface area is 211 Å². The lowest BCUT2D eigenvalue weighted by Gasteiger charge is -2.14. The first kappa shape index (κ1) is 24.4. The van der Waals surface area contributed by atoms with Gasteiger partial charge in [0.1, 0.15) is 11.5 Å². The summed E-state index contributed by atoms with van der Waals surface area (Å²) in [4.78, 5) is 24.7. The van der Waals surface area contributed by atoms with Gasteiger partial charge < -0.3 is 20.1 Å². The maximum atomic E-state index is 12.3. The molecule has 0 heterocycles. The molecule has 0 aliphatic carbocycles. The third-order valence-electron chi connectivity index (χ3n) is 3.98. The van der Waals surface area contributed by atoms with E-state index in [1.165, 1.54) is 0 Å². The van der Waals surface area contributed by atoms with Crippen LogP contribution in [0.15, 0.2) is 69.6 Å². The van der Waals surface area contributed by atoms with Gasteiger partial charge in [0.15, 0.2) is 13.2 Å². The van der Waals surface area contributed by atoms with Crippen molar-refractivity contribution in [2.75, 3.05) is 23.8 Å². The Balaban J connectivity index is 1.56. The third-order valence-corrected chi connectivity index (χ3v) is 5.56. The highest BCUT2D eigenvalue weighted by Crippen LogP contribution is 2.29. The summed E-state index contributed by atoms with van der Waals surface area (Å²) in [6.45, 7) is -0.510. The van der Waals surface area contributed by atoms with Gasteiger partial charge in [0.2, 0.25) is 0 Å². The van der Waals surface area contributed by atoms with E-state index in [1.807, 2.05) is 0 Å². The van der Waals surface area contributed by atoms with Gasteiger partial charge in [-0.1, -0.05) is 67.2 Å². The first-order valence-corrected chi connectivity index (χ1v) is 11.5. The number of anilines is 2. The molecule has 0 atom stereocenters. The van der Waals surface area contributed by atoms with Crippen LogP contribution in [0.25, 0.3) is 0 Å². The molecule has 6 nitrogen and oxygen atoms in total. The Hall–Kier alpha value is -2.26. The van der Waals surface area contributed by atoms with Crippen LogP contribution in [0, 0.1) is 0 Å². The van der Waals surface area contributed by atoms with Gasteiger partial charge in [0, 0.05) is 8.95 Å². The average molecular weight is 603 g/mol. The minimum absolute atomic E-state index is 0.255. The molecule has 3 aromatic rings. The van der Waals surface area contributed by atoms with Gasteiger partial charge in [0.05, 0.1) is 21.4 Å². The molecule has 2 amide bonds. The number of rotatable bonds is 8. The van der Waals surface area contributed by atoms with Crippen LogP contribution in [0.5, 0.6) is 11.5 Å². The molecule has 0 spiro atoms. The lowest BCUT2D eigenvalue weighted by atomic mass is 10.2. The first-order valence-electron chi connectivity index (χ1n) is 9.16. The van der Waals surface area contributed by atoms with E-state index in [2.05, 4.69) is 42.5 Å². The molecule has 0 saturated carbocycles. The van der Waals surface area contributed by atoms with Crippen LogP contribution in [0.1, 0.15) is 0 Å². The summed E-state index contributed by atoms with van der Waals surface area (Å²) in [5.41, 5.74) is 0.830. The monoisotopic (exact) mass is 600 g/mol. The van der Waals surface area contributed by atoms with Crippen LogP contribution in [-0.2, 0) is 9.59 Å². The normalized spacial score (nSPS) is 10.4. The number of carbonyl (C=O) groups excluding carboxylic acids is 2. The number of carbonyl (C=O) groups is 2. The van der Waals surface area contributed by atoms with Crippen molar-refractivity contribution in [3.63, 3.8) is 0 Å². The summed E-state index contributed by atoms with van der Waals surface area (Å²) in [5, 5.41) is 6.18. The number of para-hydroxylation sites is 2. The molecule has 0 unspecified atom stereocenters. The van der Waals surface area contributed by atoms with Gasteiger partial charge in [-0.05, 0) is 48.5 Å². The zero-order chi connectivity index (χ0) is 23.1. The van der Waals surface area contributed by atoms with Crippen molar-refractivity contribution in [2.45, 2.75) is 0 Å². The van der Waals surface area contributed by atoms with Crippen LogP contribution in [0.2, 0.25) is 10.0 Å². The molecule has 2 N–H and O–H groups in total. The summed E-state index contributed by atoms with van der Waals surface area (Å²) >= 11 is 18.8. The minimum Gasteiger partial charge on any atom is -0.482 e. The highest BCUT2D eigenvalue weighted by molar-refractivity contribution is 9.10. The predicted molar refractivity (Wildman–Crippen MR) is 133 cm³/mol. The molecule has 0 aliphatic rings. The van der Waals surface area contributed by atoms with E-state index in [0.717, 1.165) is 8.95 Å². The first-order chi connectivity index (χ1) is 15.3. The van der Waals surface area contributed by atoms with E-state index >= 15 is 0 Å². The predicted octanol–water partition coefficient (Wildman–Crippen LogP) is 6.55. The Bertz CT molecular complexity index is 1060. The van der Waals surface area contributed by atoms with E-state index in [1.54, 1.807) is 60.7 Å². The number of amides is 2. The van der Waals surface area contributed by atoms with Crippen molar-refractivity contribution >= 4 is 78.3 Å². The zero-order valence-corrected chi connectivity index (χ0v) is 21.0. The maximum Gasteiger partial charge on any atom is 0.262 e. The van der Waals surface area contributed by atoms with Gasteiger partial charge in [0.25, 0.3) is 11.8 Å². The standard InChI is InChI=1S/C22H16Br2Cl2N2O4/c23-13-5-7-19(15(25)9-13)31-11-21(29)27-17-3-1-2-4-18(17)28-22(30)12-32-20-8-6-14(24)10-16(20)26/h1-10H,11-12H2,(H,27,29)(H,28,30). The number of ether oxygens (including phenoxy) is 2. The van der Waals surface area contributed by atoms with Crippen LogP contribution in [-0.4, -0.2) is 25.0 Å². The van der Waals surface area contributed by atoms with Crippen molar-refractivity contribution in [2.24, 2.45) is 0 Å². The van der Waals surface area contributed by atoms with Crippen molar-refractivity contribution in [3.05, 3.63) is 79.7 Å². The average Bonchev–Trinajstić information content (AvgIpc) is 2.74. The van der Waals surface area contributed by atoms with Crippen molar-refractivity contribution in [1.29, 1.82) is 0 Å². The van der Waals surface area contributed by atoms with Crippen molar-refractivity contribution in [1.82, 2.24) is 0 Å². The minimum atomic E-state index is -0.413. The maximum absolute atomic E-state index is 12.3. The molecular weight excluding hydrogens is 587 g/mol. The van der Waals surface area contributed by atoms with Gasteiger partial charge in [-0.25, -0.2) is 0 Å². The Morgan fingerprint density at radius 3 is 1.50 bits per heavy atom. The molecule has 0 aliphatic heterocycles. The summed E-state index contributed by atoms with van der Waals surface area (Å²) in [6.07, 6.45) is 0. The molecule has 3 aromatic carbocycles. The molecule has 0 aromatic heterocycles. The molecule has 0 radical (unpaired) electrons. The summed E-state index contributed by atoms with van der Waals surface area (Å²) in [5.74, 6) is -0.0575. The number of halogens is 4. The van der Waals surface area contributed by atoms with Gasteiger partial charge in [-0.15, -0.1) is 0 Å². The number of hydrogen-bond donors (Lipinski definition) is 2. The molecule has 3 rings (SSSR count). The molecule has 166 valence electrons. The second-order valence-corrected chi connectivity index (χ2v) is 9.01. The van der Waals surface area contributed by atoms with Gasteiger partial charge in [-0.3, -0.25) is 9.59 Å². The van der Waals surface area contributed by atoms with Crippen LogP contribution < -0.4 is 20.1 Å². The lowest BCUT2D eigenvalue weighted by Crippen LogP contribution is -2.23. The van der Waals surface area contributed by atoms with Crippen LogP contribution >= 0.6 is 55.1 Å². The number of benzene rings is 3. The number of hydrogen-bond acceptors (Lipinski definition) is 4. The molecule has 0 fully saturated rings. The SMILES string of the molecule is O=C(COc1ccc(Br)cc1Cl)Nc1ccccc1NC(=O)COc1ccc(Br)cc1Cl. The van der Waals surface area contributed by atoms with E-state index in [9.17, 15) is 9.59 Å². The van der Waals surface area contributed by atoms with Gasteiger partial charge in [-0.2, -0.15) is 0 Å². The second kappa shape index (κ2) is 11.6. The molecular formula is C22H16Br2Cl2N2O4. The van der Waals surface area contributed by atoms with E-state index in [-0.39, 0.29) is 13.2 Å². The smallest absolute Gasteiger partial charge is 0.262 e. The van der Waals surface area contributed by atoms with Gasteiger partial charge >= 0.3 is 0 Å². The van der Waals surface area contributed by atoms with Crippen molar-refractivity contribution in [3.8, 4) is 11.5 Å². The summed E-state index contributed by atoms with van der Waals surface area (Å²) < 4.78 is 12.5. The lowest BCUT2D eigenvalue weighted by molar-refractivity contribution is -0.119. The Morgan fingerprint density at radius 1 is 0.719 bits per heavy atom. The topological polar surface area (TPSA) is 76.7 Å². The summed E-state index contributed by atoms with van der Waals surface area (Å²) in [6, 6.07) is 17.0. The van der Waals surface area contributed by atoms with Crippen LogP contribution in [0.3, 0.4) is 0 Å².